The molecule has 2 rings (SSSR count). The van der Waals surface area contributed by atoms with Gasteiger partial charge in [0.05, 0.1) is 12.3 Å². The Morgan fingerprint density at radius 2 is 2.00 bits per heavy atom. The van der Waals surface area contributed by atoms with Crippen LogP contribution >= 0.6 is 0 Å². The second-order valence-corrected chi connectivity index (χ2v) is 4.92. The highest BCUT2D eigenvalue weighted by atomic mass is 16.5. The zero-order valence-electron chi connectivity index (χ0n) is 13.2. The molecule has 0 saturated heterocycles. The largest absolute Gasteiger partial charge is 0.494 e. The summed E-state index contributed by atoms with van der Waals surface area (Å²) in [6.07, 6.45) is 1.91. The number of rotatable bonds is 6. The van der Waals surface area contributed by atoms with Crippen molar-refractivity contribution in [3.05, 3.63) is 35.7 Å². The first-order chi connectivity index (χ1) is 10.2. The molecular weight excluding hydrogens is 262 g/mol. The smallest absolute Gasteiger partial charge is 0.132 e. The zero-order valence-corrected chi connectivity index (χ0v) is 13.2. The predicted molar refractivity (Wildman–Crippen MR) is 86.9 cm³/mol. The molecule has 0 aliphatic heterocycles. The Balaban J connectivity index is 2.50. The molecule has 0 atom stereocenters. The van der Waals surface area contributed by atoms with Crippen LogP contribution in [0.2, 0.25) is 0 Å². The monoisotopic (exact) mass is 285 g/mol. The first-order valence-corrected chi connectivity index (χ1v) is 7.48. The molecule has 1 aromatic heterocycles. The minimum Gasteiger partial charge on any atom is -0.494 e. The summed E-state index contributed by atoms with van der Waals surface area (Å²) in [6, 6.07) is 8.07. The molecule has 4 nitrogen and oxygen atoms in total. The fraction of sp³-hybridized carbons (Fsp3) is 0.412. The first-order valence-electron chi connectivity index (χ1n) is 7.48. The Kier molecular flexibility index (Phi) is 5.14. The number of nitrogens with one attached hydrogen (secondary N) is 1. The van der Waals surface area contributed by atoms with Crippen molar-refractivity contribution in [3.8, 4) is 17.0 Å². The van der Waals surface area contributed by atoms with Gasteiger partial charge in [-0.2, -0.15) is 0 Å². The third kappa shape index (κ3) is 3.51. The van der Waals surface area contributed by atoms with Crippen LogP contribution in [0.4, 0.5) is 5.82 Å². The number of hydrogen-bond donors (Lipinski definition) is 1. The van der Waals surface area contributed by atoms with Gasteiger partial charge in [0.1, 0.15) is 17.4 Å². The number of hydrogen-bond acceptors (Lipinski definition) is 4. The second kappa shape index (κ2) is 7.07. The highest BCUT2D eigenvalue weighted by molar-refractivity contribution is 5.69. The Bertz CT molecular complexity index is 611. The Morgan fingerprint density at radius 3 is 2.67 bits per heavy atom. The number of benzene rings is 1. The van der Waals surface area contributed by atoms with E-state index in [4.69, 9.17) is 9.72 Å². The fourth-order valence-electron chi connectivity index (χ4n) is 2.32. The Labute approximate surface area is 126 Å². The molecule has 0 aliphatic carbocycles. The average molecular weight is 285 g/mol. The highest BCUT2D eigenvalue weighted by Gasteiger charge is 2.12. The Hall–Kier alpha value is -2.10. The van der Waals surface area contributed by atoms with Gasteiger partial charge in [-0.15, -0.1) is 0 Å². The van der Waals surface area contributed by atoms with Crippen LogP contribution in [0.5, 0.6) is 5.75 Å². The molecule has 4 heteroatoms. The van der Waals surface area contributed by atoms with Crippen LogP contribution in [-0.4, -0.2) is 23.6 Å². The number of aryl methyl sites for hydroxylation is 1. The van der Waals surface area contributed by atoms with Crippen molar-refractivity contribution < 1.29 is 4.74 Å². The van der Waals surface area contributed by atoms with E-state index in [0.717, 1.165) is 47.1 Å². The summed E-state index contributed by atoms with van der Waals surface area (Å²) in [7, 11) is 1.89. The van der Waals surface area contributed by atoms with E-state index < -0.39 is 0 Å². The number of ether oxygens (including phenoxy) is 1. The molecule has 0 unspecified atom stereocenters. The van der Waals surface area contributed by atoms with E-state index in [1.807, 2.05) is 39.1 Å². The van der Waals surface area contributed by atoms with Crippen LogP contribution in [0.1, 0.15) is 31.7 Å². The minimum atomic E-state index is 0.662. The quantitative estimate of drug-likeness (QED) is 0.876. The van der Waals surface area contributed by atoms with E-state index in [0.29, 0.717) is 6.61 Å². The molecule has 0 saturated carbocycles. The molecule has 0 bridgehead atoms. The van der Waals surface area contributed by atoms with E-state index in [2.05, 4.69) is 23.3 Å². The molecule has 21 heavy (non-hydrogen) atoms. The molecule has 0 amide bonds. The highest BCUT2D eigenvalue weighted by Crippen LogP contribution is 2.28. The molecule has 0 spiro atoms. The fourth-order valence-corrected chi connectivity index (χ4v) is 2.32. The average Bonchev–Trinajstić information content (AvgIpc) is 2.49. The SMILES string of the molecule is CCCc1nc(NC)c(C)c(-c2cccc(OCC)c2)n1. The lowest BCUT2D eigenvalue weighted by Gasteiger charge is -2.13. The van der Waals surface area contributed by atoms with Crippen molar-refractivity contribution in [2.75, 3.05) is 19.0 Å². The van der Waals surface area contributed by atoms with Crippen molar-refractivity contribution in [2.24, 2.45) is 0 Å². The lowest BCUT2D eigenvalue weighted by Crippen LogP contribution is -2.05. The van der Waals surface area contributed by atoms with E-state index >= 15 is 0 Å². The molecule has 0 fully saturated rings. The third-order valence-corrected chi connectivity index (χ3v) is 3.32. The van der Waals surface area contributed by atoms with Crippen molar-refractivity contribution in [3.63, 3.8) is 0 Å². The molecular formula is C17H23N3O. The lowest BCUT2D eigenvalue weighted by molar-refractivity contribution is 0.340. The van der Waals surface area contributed by atoms with Gasteiger partial charge in [0.15, 0.2) is 0 Å². The van der Waals surface area contributed by atoms with Gasteiger partial charge >= 0.3 is 0 Å². The topological polar surface area (TPSA) is 47.0 Å². The first kappa shape index (κ1) is 15.3. The molecule has 2 aromatic rings. The van der Waals surface area contributed by atoms with Crippen molar-refractivity contribution in [2.45, 2.75) is 33.6 Å². The standard InChI is InChI=1S/C17H23N3O/c1-5-8-15-19-16(12(3)17(18-4)20-15)13-9-7-10-14(11-13)21-6-2/h7,9-11H,5-6,8H2,1-4H3,(H,18,19,20). The summed E-state index contributed by atoms with van der Waals surface area (Å²) in [5.41, 5.74) is 3.10. The molecule has 1 heterocycles. The van der Waals surface area contributed by atoms with Gasteiger partial charge < -0.3 is 10.1 Å². The van der Waals surface area contributed by atoms with Gasteiger partial charge in [-0.25, -0.2) is 9.97 Å². The maximum Gasteiger partial charge on any atom is 0.132 e. The zero-order chi connectivity index (χ0) is 15.2. The summed E-state index contributed by atoms with van der Waals surface area (Å²) >= 11 is 0. The van der Waals surface area contributed by atoms with Gasteiger partial charge in [0, 0.05) is 24.6 Å². The molecule has 112 valence electrons. The molecule has 0 radical (unpaired) electrons. The summed E-state index contributed by atoms with van der Waals surface area (Å²) in [5.74, 6) is 2.64. The maximum atomic E-state index is 5.58. The van der Waals surface area contributed by atoms with Crippen molar-refractivity contribution >= 4 is 5.82 Å². The summed E-state index contributed by atoms with van der Waals surface area (Å²) < 4.78 is 5.58. The van der Waals surface area contributed by atoms with Crippen molar-refractivity contribution in [1.82, 2.24) is 9.97 Å². The third-order valence-electron chi connectivity index (χ3n) is 3.32. The van der Waals surface area contributed by atoms with Gasteiger partial charge in [0.2, 0.25) is 0 Å². The molecule has 0 aliphatic rings. The van der Waals surface area contributed by atoms with Crippen LogP contribution in [-0.2, 0) is 6.42 Å². The van der Waals surface area contributed by atoms with Crippen LogP contribution < -0.4 is 10.1 Å². The van der Waals surface area contributed by atoms with Crippen molar-refractivity contribution in [1.29, 1.82) is 0 Å². The summed E-state index contributed by atoms with van der Waals surface area (Å²) in [4.78, 5) is 9.31. The Morgan fingerprint density at radius 1 is 1.19 bits per heavy atom. The van der Waals surface area contributed by atoms with E-state index in [9.17, 15) is 0 Å². The van der Waals surface area contributed by atoms with Crippen LogP contribution in [0.15, 0.2) is 24.3 Å². The second-order valence-electron chi connectivity index (χ2n) is 4.92. The van der Waals surface area contributed by atoms with Crippen LogP contribution in [0, 0.1) is 6.92 Å². The molecule has 1 N–H and O–H groups in total. The lowest BCUT2D eigenvalue weighted by atomic mass is 10.1. The maximum absolute atomic E-state index is 5.58. The van der Waals surface area contributed by atoms with Gasteiger partial charge in [0.25, 0.3) is 0 Å². The summed E-state index contributed by atoms with van der Waals surface area (Å²) in [6.45, 7) is 6.83. The predicted octanol–water partition coefficient (Wildman–Crippen LogP) is 3.84. The summed E-state index contributed by atoms with van der Waals surface area (Å²) in [5, 5.41) is 3.16. The number of nitrogens with zero attached hydrogens (tertiary/aromatic N) is 2. The van der Waals surface area contributed by atoms with Gasteiger partial charge in [-0.3, -0.25) is 0 Å². The van der Waals surface area contributed by atoms with Crippen LogP contribution in [0.3, 0.4) is 0 Å². The van der Waals surface area contributed by atoms with E-state index in [1.54, 1.807) is 0 Å². The number of anilines is 1. The van der Waals surface area contributed by atoms with E-state index in [1.165, 1.54) is 0 Å². The number of aromatic nitrogens is 2. The molecule has 1 aromatic carbocycles. The van der Waals surface area contributed by atoms with Gasteiger partial charge in [-0.05, 0) is 32.4 Å². The minimum absolute atomic E-state index is 0.662. The van der Waals surface area contributed by atoms with Crippen LogP contribution in [0.25, 0.3) is 11.3 Å². The van der Waals surface area contributed by atoms with Gasteiger partial charge in [-0.1, -0.05) is 19.1 Å². The van der Waals surface area contributed by atoms with E-state index in [-0.39, 0.29) is 0 Å². The normalized spacial score (nSPS) is 10.5.